The number of anilines is 1. The van der Waals surface area contributed by atoms with Crippen molar-refractivity contribution in [2.45, 2.75) is 12.0 Å². The molecule has 0 spiro atoms. The van der Waals surface area contributed by atoms with Crippen molar-refractivity contribution in [3.63, 3.8) is 0 Å². The smallest absolute Gasteiger partial charge is 0.407 e. The van der Waals surface area contributed by atoms with E-state index >= 15 is 0 Å². The quantitative estimate of drug-likeness (QED) is 0.115. The lowest BCUT2D eigenvalue weighted by atomic mass is 9.98. The first-order chi connectivity index (χ1) is 25.3. The summed E-state index contributed by atoms with van der Waals surface area (Å²) in [7, 11) is 0. The van der Waals surface area contributed by atoms with E-state index in [1.165, 1.54) is 18.2 Å². The average Bonchev–Trinajstić information content (AvgIpc) is 3.49. The van der Waals surface area contributed by atoms with Crippen molar-refractivity contribution in [2.75, 3.05) is 18.5 Å². The molecule has 0 bridgehead atoms. The van der Waals surface area contributed by atoms with Gasteiger partial charge >= 0.3 is 12.1 Å². The summed E-state index contributed by atoms with van der Waals surface area (Å²) in [5.74, 6) is -2.82. The second-order valence-electron chi connectivity index (χ2n) is 12.3. The Kier molecular flexibility index (Phi) is 9.31. The highest BCUT2D eigenvalue weighted by atomic mass is 16.5. The number of hydrogen-bond donors (Lipinski definition) is 5. The highest BCUT2D eigenvalue weighted by Gasteiger charge is 2.29. The second-order valence-corrected chi connectivity index (χ2v) is 12.3. The van der Waals surface area contributed by atoms with Gasteiger partial charge in [-0.05, 0) is 63.7 Å². The number of amides is 3. The predicted octanol–water partition coefficient (Wildman–Crippen LogP) is 6.17. The monoisotopic (exact) mass is 692 g/mol. The topological polar surface area (TPSA) is 167 Å². The van der Waals surface area contributed by atoms with E-state index < -0.39 is 40.9 Å². The second kappa shape index (κ2) is 14.5. The van der Waals surface area contributed by atoms with Gasteiger partial charge in [-0.1, -0.05) is 91.0 Å². The molecule has 1 aliphatic rings. The zero-order valence-corrected chi connectivity index (χ0v) is 27.6. The number of hydrogen-bond acceptors (Lipinski definition) is 6. The molecule has 11 heteroatoms. The molecule has 5 N–H and O–H groups in total. The molecule has 0 unspecified atom stereocenters. The molecule has 0 fully saturated rings. The highest BCUT2D eigenvalue weighted by Crippen LogP contribution is 2.44. The Balaban J connectivity index is 1.07. The fourth-order valence-corrected chi connectivity index (χ4v) is 6.41. The third-order valence-electron chi connectivity index (χ3n) is 9.05. The first-order valence-corrected chi connectivity index (χ1v) is 16.5. The lowest BCUT2D eigenvalue weighted by molar-refractivity contribution is -0.117. The maximum absolute atomic E-state index is 13.7. The summed E-state index contributed by atoms with van der Waals surface area (Å²) in [6.07, 6.45) is 0.331. The van der Waals surface area contributed by atoms with Crippen molar-refractivity contribution in [1.82, 2.24) is 15.6 Å². The Bertz CT molecular complexity index is 2340. The van der Waals surface area contributed by atoms with E-state index in [0.29, 0.717) is 5.52 Å². The van der Waals surface area contributed by atoms with Crippen molar-refractivity contribution < 1.29 is 29.0 Å². The van der Waals surface area contributed by atoms with Crippen LogP contribution in [0.25, 0.3) is 33.2 Å². The van der Waals surface area contributed by atoms with Gasteiger partial charge in [0.2, 0.25) is 11.3 Å². The molecule has 5 aromatic carbocycles. The standard InChI is InChI=1S/C41H32N4O7/c46-37-32-20-27(18-19-35(32)42-21-33(37)40(49)50)44-39(48)36(45-38(47)26-16-14-25(15-17-26)24-8-2-1-3-9-24)22-43-41(51)52-23-34-30-12-6-4-10-28(30)29-11-5-7-13-31(29)34/h1-21,34,36H,22-23H2,(H,42,46)(H,43,51)(H,44,48)(H,45,47)(H,49,50)/t36-/m0/s1. The molecule has 1 heterocycles. The van der Waals surface area contributed by atoms with Gasteiger partial charge in [-0.15, -0.1) is 0 Å². The summed E-state index contributed by atoms with van der Waals surface area (Å²) < 4.78 is 5.64. The van der Waals surface area contributed by atoms with Gasteiger partial charge in [-0.25, -0.2) is 9.59 Å². The van der Waals surface area contributed by atoms with Crippen molar-refractivity contribution in [3.8, 4) is 22.3 Å². The molecule has 52 heavy (non-hydrogen) atoms. The van der Waals surface area contributed by atoms with E-state index in [0.717, 1.165) is 39.6 Å². The van der Waals surface area contributed by atoms with E-state index in [1.807, 2.05) is 78.9 Å². The van der Waals surface area contributed by atoms with E-state index in [2.05, 4.69) is 20.9 Å². The van der Waals surface area contributed by atoms with Crippen molar-refractivity contribution >= 4 is 40.5 Å². The van der Waals surface area contributed by atoms with Gasteiger partial charge in [0.05, 0.1) is 6.54 Å². The van der Waals surface area contributed by atoms with Crippen molar-refractivity contribution in [1.29, 1.82) is 0 Å². The Labute approximate surface area is 297 Å². The molecule has 0 radical (unpaired) electrons. The van der Waals surface area contributed by atoms with Crippen LogP contribution in [-0.2, 0) is 9.53 Å². The third-order valence-corrected chi connectivity index (χ3v) is 9.05. The molecule has 0 saturated heterocycles. The molecule has 1 aliphatic carbocycles. The van der Waals surface area contributed by atoms with Crippen molar-refractivity contribution in [2.24, 2.45) is 0 Å². The van der Waals surface area contributed by atoms with Crippen LogP contribution in [0.4, 0.5) is 10.5 Å². The molecule has 11 nitrogen and oxygen atoms in total. The van der Waals surface area contributed by atoms with Crippen LogP contribution < -0.4 is 21.4 Å². The molecule has 3 amide bonds. The van der Waals surface area contributed by atoms with Gasteiger partial charge in [-0.3, -0.25) is 14.4 Å². The molecule has 0 aliphatic heterocycles. The van der Waals surface area contributed by atoms with Crippen LogP contribution in [0, 0.1) is 0 Å². The number of aromatic nitrogens is 1. The number of pyridine rings is 1. The molecule has 258 valence electrons. The first-order valence-electron chi connectivity index (χ1n) is 16.5. The maximum Gasteiger partial charge on any atom is 0.407 e. The number of carboxylic acids is 1. The van der Waals surface area contributed by atoms with E-state index in [9.17, 15) is 29.1 Å². The summed E-state index contributed by atoms with van der Waals surface area (Å²) in [6, 6.07) is 35.5. The number of benzene rings is 5. The molecule has 7 rings (SSSR count). The zero-order chi connectivity index (χ0) is 36.2. The number of ether oxygens (including phenoxy) is 1. The number of aromatic carboxylic acids is 1. The summed E-state index contributed by atoms with van der Waals surface area (Å²) >= 11 is 0. The number of nitrogens with one attached hydrogen (secondary N) is 4. The third kappa shape index (κ3) is 6.88. The Hall–Kier alpha value is -7.01. The number of fused-ring (bicyclic) bond motifs is 4. The molecular weight excluding hydrogens is 660 g/mol. The SMILES string of the molecule is O=C(NC[C@H](NC(=O)c1ccc(-c2ccccc2)cc1)C(=O)Nc1ccc2[nH]cc(C(=O)O)c(=O)c2c1)OCC1c2ccccc2-c2ccccc21. The lowest BCUT2D eigenvalue weighted by Gasteiger charge is -2.20. The van der Waals surface area contributed by atoms with Crippen LogP contribution in [0.1, 0.15) is 37.8 Å². The maximum atomic E-state index is 13.7. The van der Waals surface area contributed by atoms with Crippen LogP contribution in [0.5, 0.6) is 0 Å². The van der Waals surface area contributed by atoms with Crippen LogP contribution >= 0.6 is 0 Å². The Morgan fingerprint density at radius 2 is 1.40 bits per heavy atom. The van der Waals surface area contributed by atoms with Gasteiger partial charge in [0.15, 0.2) is 0 Å². The molecule has 6 aromatic rings. The number of H-pyrrole nitrogens is 1. The number of aromatic amines is 1. The predicted molar refractivity (Wildman–Crippen MR) is 196 cm³/mol. The fourth-order valence-electron chi connectivity index (χ4n) is 6.41. The summed E-state index contributed by atoms with van der Waals surface area (Å²) in [6.45, 7) is -0.269. The first kappa shape index (κ1) is 33.5. The minimum Gasteiger partial charge on any atom is -0.477 e. The van der Waals surface area contributed by atoms with E-state index in [-0.39, 0.29) is 35.7 Å². The Morgan fingerprint density at radius 1 is 0.769 bits per heavy atom. The zero-order valence-electron chi connectivity index (χ0n) is 27.6. The number of carbonyl (C=O) groups excluding carboxylic acids is 3. The summed E-state index contributed by atoms with van der Waals surface area (Å²) in [4.78, 5) is 67.2. The normalized spacial score (nSPS) is 12.3. The minimum absolute atomic E-state index is 0.0496. The number of carbonyl (C=O) groups is 4. The fraction of sp³-hybridized carbons (Fsp3) is 0.0976. The van der Waals surface area contributed by atoms with Gasteiger partial charge in [-0.2, -0.15) is 0 Å². The van der Waals surface area contributed by atoms with Crippen LogP contribution in [0.15, 0.2) is 132 Å². The van der Waals surface area contributed by atoms with Gasteiger partial charge in [0.25, 0.3) is 5.91 Å². The number of rotatable bonds is 10. The van der Waals surface area contributed by atoms with E-state index in [1.54, 1.807) is 24.3 Å². The lowest BCUT2D eigenvalue weighted by Crippen LogP contribution is -2.50. The largest absolute Gasteiger partial charge is 0.477 e. The summed E-state index contributed by atoms with van der Waals surface area (Å²) in [5, 5.41) is 17.4. The van der Waals surface area contributed by atoms with Gasteiger partial charge < -0.3 is 30.8 Å². The van der Waals surface area contributed by atoms with Crippen LogP contribution in [-0.4, -0.2) is 53.2 Å². The van der Waals surface area contributed by atoms with Gasteiger partial charge in [0.1, 0.15) is 18.2 Å². The minimum atomic E-state index is -1.39. The molecular formula is C41H32N4O7. The Morgan fingerprint density at radius 3 is 2.08 bits per heavy atom. The average molecular weight is 693 g/mol. The highest BCUT2D eigenvalue weighted by molar-refractivity contribution is 6.02. The van der Waals surface area contributed by atoms with E-state index in [4.69, 9.17) is 4.74 Å². The number of alkyl carbamates (subject to hydrolysis) is 1. The summed E-state index contributed by atoms with van der Waals surface area (Å²) in [5.41, 5.74) is 5.79. The molecule has 0 saturated carbocycles. The number of carboxylic acid groups (broad SMARTS) is 1. The molecule has 1 aromatic heterocycles. The van der Waals surface area contributed by atoms with Crippen LogP contribution in [0.2, 0.25) is 0 Å². The molecule has 1 atom stereocenters. The van der Waals surface area contributed by atoms with Crippen LogP contribution in [0.3, 0.4) is 0 Å². The van der Waals surface area contributed by atoms with Gasteiger partial charge in [0, 0.05) is 34.3 Å². The van der Waals surface area contributed by atoms with Crippen molar-refractivity contribution in [3.05, 3.63) is 160 Å².